The fourth-order valence-electron chi connectivity index (χ4n) is 1.85. The third-order valence-corrected chi connectivity index (χ3v) is 2.99. The molecule has 0 saturated heterocycles. The van der Waals surface area contributed by atoms with Crippen LogP contribution in [0.25, 0.3) is 0 Å². The Hall–Kier alpha value is -2.49. The van der Waals surface area contributed by atoms with Gasteiger partial charge < -0.3 is 15.2 Å². The van der Waals surface area contributed by atoms with Gasteiger partial charge in [-0.15, -0.1) is 0 Å². The van der Waals surface area contributed by atoms with Gasteiger partial charge in [0.25, 0.3) is 0 Å². The highest BCUT2D eigenvalue weighted by atomic mass is 16.5. The average Bonchev–Trinajstić information content (AvgIpc) is 2.47. The summed E-state index contributed by atoms with van der Waals surface area (Å²) in [5, 5.41) is 0. The Morgan fingerprint density at radius 2 is 2.00 bits per heavy atom. The van der Waals surface area contributed by atoms with Gasteiger partial charge in [0.2, 0.25) is 0 Å². The predicted octanol–water partition coefficient (Wildman–Crippen LogP) is 2.94. The van der Waals surface area contributed by atoms with Gasteiger partial charge >= 0.3 is 5.97 Å². The Balaban J connectivity index is 2.06. The van der Waals surface area contributed by atoms with E-state index >= 15 is 0 Å². The summed E-state index contributed by atoms with van der Waals surface area (Å²) in [6, 6.07) is 12.6. The lowest BCUT2D eigenvalue weighted by molar-refractivity contribution is 0.0471. The van der Waals surface area contributed by atoms with Crippen LogP contribution in [-0.2, 0) is 11.3 Å². The van der Waals surface area contributed by atoms with E-state index < -0.39 is 0 Å². The first-order valence-corrected chi connectivity index (χ1v) is 6.26. The Morgan fingerprint density at radius 1 is 1.20 bits per heavy atom. The fraction of sp³-hybridized carbons (Fsp3) is 0.188. The van der Waals surface area contributed by atoms with Crippen molar-refractivity contribution in [3.8, 4) is 5.75 Å². The third kappa shape index (κ3) is 3.29. The number of carbonyl (C=O) groups is 1. The molecule has 0 spiro atoms. The van der Waals surface area contributed by atoms with Gasteiger partial charge in [-0.05, 0) is 42.3 Å². The Labute approximate surface area is 118 Å². The molecule has 2 aromatic rings. The quantitative estimate of drug-likeness (QED) is 0.686. The van der Waals surface area contributed by atoms with E-state index in [9.17, 15) is 4.79 Å². The number of nitrogens with two attached hydrogens (primary N) is 1. The van der Waals surface area contributed by atoms with Crippen molar-refractivity contribution in [1.82, 2.24) is 0 Å². The molecule has 2 aromatic carbocycles. The van der Waals surface area contributed by atoms with Gasteiger partial charge in [0.15, 0.2) is 0 Å². The molecule has 0 fully saturated rings. The van der Waals surface area contributed by atoms with Gasteiger partial charge in [0.05, 0.1) is 12.7 Å². The largest absolute Gasteiger partial charge is 0.497 e. The summed E-state index contributed by atoms with van der Waals surface area (Å²) in [4.78, 5) is 12.0. The van der Waals surface area contributed by atoms with Crippen LogP contribution in [0, 0.1) is 6.92 Å². The second-order valence-electron chi connectivity index (χ2n) is 4.50. The molecule has 20 heavy (non-hydrogen) atoms. The number of anilines is 1. The van der Waals surface area contributed by atoms with Gasteiger partial charge in [-0.2, -0.15) is 0 Å². The molecule has 0 saturated carbocycles. The van der Waals surface area contributed by atoms with Crippen LogP contribution in [-0.4, -0.2) is 13.1 Å². The van der Waals surface area contributed by atoms with Crippen molar-refractivity contribution in [2.24, 2.45) is 0 Å². The predicted molar refractivity (Wildman–Crippen MR) is 77.7 cm³/mol. The molecule has 0 unspecified atom stereocenters. The molecule has 0 radical (unpaired) electrons. The molecule has 4 nitrogen and oxygen atoms in total. The topological polar surface area (TPSA) is 61.5 Å². The molecule has 0 aliphatic rings. The zero-order valence-electron chi connectivity index (χ0n) is 11.6. The molecule has 4 heteroatoms. The minimum Gasteiger partial charge on any atom is -0.497 e. The molecule has 0 aliphatic carbocycles. The number of esters is 1. The number of methoxy groups -OCH3 is 1. The molecule has 2 rings (SSSR count). The number of nitrogen functional groups attached to an aromatic ring is 1. The molecule has 104 valence electrons. The van der Waals surface area contributed by atoms with Crippen LogP contribution in [0.2, 0.25) is 0 Å². The summed E-state index contributed by atoms with van der Waals surface area (Å²) in [5.41, 5.74) is 8.44. The van der Waals surface area contributed by atoms with Crippen molar-refractivity contribution < 1.29 is 14.3 Å². The SMILES string of the molecule is COc1cccc(COC(=O)c2cc(N)ccc2C)c1. The summed E-state index contributed by atoms with van der Waals surface area (Å²) in [6.45, 7) is 2.05. The van der Waals surface area contributed by atoms with Gasteiger partial charge in [-0.3, -0.25) is 0 Å². The first kappa shape index (κ1) is 13.9. The fourth-order valence-corrected chi connectivity index (χ4v) is 1.85. The summed E-state index contributed by atoms with van der Waals surface area (Å²) >= 11 is 0. The Bertz CT molecular complexity index is 623. The number of ether oxygens (including phenoxy) is 2. The average molecular weight is 271 g/mol. The molecule has 0 heterocycles. The highest BCUT2D eigenvalue weighted by Gasteiger charge is 2.11. The maximum Gasteiger partial charge on any atom is 0.338 e. The smallest absolute Gasteiger partial charge is 0.338 e. The first-order valence-electron chi connectivity index (χ1n) is 6.26. The van der Waals surface area contributed by atoms with Crippen LogP contribution in [0.1, 0.15) is 21.5 Å². The van der Waals surface area contributed by atoms with E-state index in [0.29, 0.717) is 11.3 Å². The molecule has 0 amide bonds. The highest BCUT2D eigenvalue weighted by molar-refractivity contribution is 5.92. The van der Waals surface area contributed by atoms with Crippen molar-refractivity contribution in [2.75, 3.05) is 12.8 Å². The van der Waals surface area contributed by atoms with Crippen LogP contribution in [0.3, 0.4) is 0 Å². The first-order chi connectivity index (χ1) is 9.60. The van der Waals surface area contributed by atoms with E-state index in [1.165, 1.54) is 0 Å². The van der Waals surface area contributed by atoms with Crippen molar-refractivity contribution in [3.05, 3.63) is 59.2 Å². The van der Waals surface area contributed by atoms with E-state index in [2.05, 4.69) is 0 Å². The number of rotatable bonds is 4. The van der Waals surface area contributed by atoms with Crippen LogP contribution in [0.15, 0.2) is 42.5 Å². The maximum absolute atomic E-state index is 12.0. The van der Waals surface area contributed by atoms with Crippen LogP contribution < -0.4 is 10.5 Å². The minimum absolute atomic E-state index is 0.199. The van der Waals surface area contributed by atoms with Gasteiger partial charge in [0, 0.05) is 5.69 Å². The van der Waals surface area contributed by atoms with Crippen LogP contribution in [0.4, 0.5) is 5.69 Å². The van der Waals surface area contributed by atoms with E-state index in [-0.39, 0.29) is 12.6 Å². The highest BCUT2D eigenvalue weighted by Crippen LogP contribution is 2.16. The van der Waals surface area contributed by atoms with E-state index in [1.807, 2.05) is 31.2 Å². The molecule has 2 N–H and O–H groups in total. The molecule has 0 aliphatic heterocycles. The van der Waals surface area contributed by atoms with E-state index in [0.717, 1.165) is 16.9 Å². The lowest BCUT2D eigenvalue weighted by Gasteiger charge is -2.09. The second-order valence-corrected chi connectivity index (χ2v) is 4.50. The van der Waals surface area contributed by atoms with Gasteiger partial charge in [-0.25, -0.2) is 4.79 Å². The second kappa shape index (κ2) is 6.10. The maximum atomic E-state index is 12.0. The number of aryl methyl sites for hydroxylation is 1. The Morgan fingerprint density at radius 3 is 2.75 bits per heavy atom. The zero-order chi connectivity index (χ0) is 14.5. The number of hydrogen-bond donors (Lipinski definition) is 1. The third-order valence-electron chi connectivity index (χ3n) is 2.99. The summed E-state index contributed by atoms with van der Waals surface area (Å²) in [7, 11) is 1.60. The van der Waals surface area contributed by atoms with Crippen molar-refractivity contribution in [1.29, 1.82) is 0 Å². The number of hydrogen-bond acceptors (Lipinski definition) is 4. The van der Waals surface area contributed by atoms with Crippen LogP contribution in [0.5, 0.6) is 5.75 Å². The summed E-state index contributed by atoms with van der Waals surface area (Å²) in [6.07, 6.45) is 0. The van der Waals surface area contributed by atoms with Crippen molar-refractivity contribution in [3.63, 3.8) is 0 Å². The van der Waals surface area contributed by atoms with Crippen LogP contribution >= 0.6 is 0 Å². The van der Waals surface area contributed by atoms with Gasteiger partial charge in [0.1, 0.15) is 12.4 Å². The molecule has 0 bridgehead atoms. The summed E-state index contributed by atoms with van der Waals surface area (Å²) in [5.74, 6) is 0.358. The Kier molecular flexibility index (Phi) is 4.25. The number of benzene rings is 2. The monoisotopic (exact) mass is 271 g/mol. The lowest BCUT2D eigenvalue weighted by atomic mass is 10.1. The van der Waals surface area contributed by atoms with E-state index in [4.69, 9.17) is 15.2 Å². The van der Waals surface area contributed by atoms with Crippen molar-refractivity contribution >= 4 is 11.7 Å². The molecule has 0 atom stereocenters. The minimum atomic E-state index is -0.377. The number of carbonyl (C=O) groups excluding carboxylic acids is 1. The zero-order valence-corrected chi connectivity index (χ0v) is 11.6. The normalized spacial score (nSPS) is 10.1. The molecular weight excluding hydrogens is 254 g/mol. The van der Waals surface area contributed by atoms with E-state index in [1.54, 1.807) is 25.3 Å². The van der Waals surface area contributed by atoms with Gasteiger partial charge in [-0.1, -0.05) is 18.2 Å². The standard InChI is InChI=1S/C16H17NO3/c1-11-6-7-13(17)9-15(11)16(18)20-10-12-4-3-5-14(8-12)19-2/h3-9H,10,17H2,1-2H3. The summed E-state index contributed by atoms with van der Waals surface area (Å²) < 4.78 is 10.4. The lowest BCUT2D eigenvalue weighted by Crippen LogP contribution is -2.08. The van der Waals surface area contributed by atoms with Crippen molar-refractivity contribution in [2.45, 2.75) is 13.5 Å². The molecular formula is C16H17NO3. The molecule has 0 aromatic heterocycles.